The fraction of sp³-hybridized carbons (Fsp3) is 0.296. The van der Waals surface area contributed by atoms with Gasteiger partial charge in [0, 0.05) is 36.6 Å². The van der Waals surface area contributed by atoms with Gasteiger partial charge in [0.1, 0.15) is 17.2 Å². The Morgan fingerprint density at radius 2 is 1.94 bits per heavy atom. The van der Waals surface area contributed by atoms with Gasteiger partial charge in [-0.3, -0.25) is 9.78 Å². The number of rotatable bonds is 5. The zero-order valence-corrected chi connectivity index (χ0v) is 19.9. The standard InChI is InChI=1S/C27H26F2N4O2/c1-5-22-24(33-8-10-35-11-9-33)13-19(16-31-22)20-15-23(21(28)12-17(20)2)32-26(34)18-6-7-30-25(14-18)27(3,4)29/h1,6-7,12-16H,8-11H2,2-4H3,(H,32,34). The number of morpholine rings is 1. The number of halogens is 2. The van der Waals surface area contributed by atoms with Crippen LogP contribution in [0.25, 0.3) is 11.1 Å². The van der Waals surface area contributed by atoms with Crippen LogP contribution in [0.15, 0.2) is 42.7 Å². The van der Waals surface area contributed by atoms with Gasteiger partial charge < -0.3 is 15.0 Å². The zero-order chi connectivity index (χ0) is 25.2. The number of ether oxygens (including phenoxy) is 1. The Hall–Kier alpha value is -3.83. The minimum Gasteiger partial charge on any atom is -0.378 e. The van der Waals surface area contributed by atoms with E-state index in [9.17, 15) is 13.6 Å². The first kappa shape index (κ1) is 24.3. The van der Waals surface area contributed by atoms with Crippen molar-refractivity contribution in [3.8, 4) is 23.5 Å². The maximum Gasteiger partial charge on any atom is 0.255 e. The van der Waals surface area contributed by atoms with Crippen LogP contribution in [0.3, 0.4) is 0 Å². The molecule has 0 spiro atoms. The van der Waals surface area contributed by atoms with Crippen LogP contribution in [-0.2, 0) is 10.4 Å². The number of hydrogen-bond donors (Lipinski definition) is 1. The number of nitrogens with zero attached hydrogens (tertiary/aromatic N) is 3. The molecule has 1 aliphatic rings. The van der Waals surface area contributed by atoms with Crippen LogP contribution in [-0.4, -0.2) is 42.2 Å². The zero-order valence-electron chi connectivity index (χ0n) is 19.9. The van der Waals surface area contributed by atoms with E-state index in [1.807, 2.05) is 6.07 Å². The molecule has 6 nitrogen and oxygen atoms in total. The van der Waals surface area contributed by atoms with Crippen molar-refractivity contribution in [1.82, 2.24) is 9.97 Å². The fourth-order valence-corrected chi connectivity index (χ4v) is 3.93. The molecule has 35 heavy (non-hydrogen) atoms. The first-order chi connectivity index (χ1) is 16.7. The van der Waals surface area contributed by atoms with Gasteiger partial charge in [-0.05, 0) is 68.2 Å². The topological polar surface area (TPSA) is 67.4 Å². The molecular weight excluding hydrogens is 450 g/mol. The Morgan fingerprint density at radius 1 is 1.20 bits per heavy atom. The molecule has 1 aliphatic heterocycles. The van der Waals surface area contributed by atoms with Crippen LogP contribution in [0, 0.1) is 25.1 Å². The SMILES string of the molecule is C#Cc1ncc(-c2cc(NC(=O)c3ccnc(C(C)(C)F)c3)c(F)cc2C)cc1N1CCOCC1. The van der Waals surface area contributed by atoms with Crippen molar-refractivity contribution in [3.63, 3.8) is 0 Å². The number of aryl methyl sites for hydroxylation is 1. The first-order valence-electron chi connectivity index (χ1n) is 11.2. The number of aromatic nitrogens is 2. The van der Waals surface area contributed by atoms with Gasteiger partial charge >= 0.3 is 0 Å². The molecule has 0 saturated carbocycles. The van der Waals surface area contributed by atoms with Crippen LogP contribution >= 0.6 is 0 Å². The number of alkyl halides is 1. The number of carbonyl (C=O) groups excluding carboxylic acids is 1. The summed E-state index contributed by atoms with van der Waals surface area (Å²) in [7, 11) is 0. The van der Waals surface area contributed by atoms with Gasteiger partial charge in [-0.1, -0.05) is 0 Å². The molecule has 1 amide bonds. The third kappa shape index (κ3) is 5.31. The monoisotopic (exact) mass is 476 g/mol. The van der Waals surface area contributed by atoms with Crippen LogP contribution in [0.5, 0.6) is 0 Å². The highest BCUT2D eigenvalue weighted by Crippen LogP contribution is 2.32. The molecule has 180 valence electrons. The van der Waals surface area contributed by atoms with Crippen molar-refractivity contribution in [1.29, 1.82) is 0 Å². The van der Waals surface area contributed by atoms with Gasteiger partial charge in [0.25, 0.3) is 5.91 Å². The summed E-state index contributed by atoms with van der Waals surface area (Å²) in [5.41, 5.74) is 2.03. The van der Waals surface area contributed by atoms with Gasteiger partial charge in [0.2, 0.25) is 0 Å². The third-order valence-electron chi connectivity index (χ3n) is 5.86. The molecule has 1 N–H and O–H groups in total. The number of hydrogen-bond acceptors (Lipinski definition) is 5. The van der Waals surface area contributed by atoms with Crippen molar-refractivity contribution in [3.05, 3.63) is 71.1 Å². The molecule has 1 saturated heterocycles. The summed E-state index contributed by atoms with van der Waals surface area (Å²) < 4.78 is 34.5. The number of nitrogens with one attached hydrogen (secondary N) is 1. The Labute approximate surface area is 203 Å². The number of amides is 1. The van der Waals surface area contributed by atoms with E-state index < -0.39 is 17.4 Å². The number of terminal acetylenes is 1. The molecule has 3 heterocycles. The van der Waals surface area contributed by atoms with Crippen LogP contribution in [0.1, 0.15) is 41.2 Å². The van der Waals surface area contributed by atoms with Gasteiger partial charge in [-0.15, -0.1) is 6.42 Å². The van der Waals surface area contributed by atoms with Crippen molar-refractivity contribution >= 4 is 17.3 Å². The average molecular weight is 477 g/mol. The lowest BCUT2D eigenvalue weighted by molar-refractivity contribution is 0.102. The van der Waals surface area contributed by atoms with E-state index in [0.717, 1.165) is 11.3 Å². The normalized spacial score (nSPS) is 13.9. The summed E-state index contributed by atoms with van der Waals surface area (Å²) in [6.45, 7) is 7.06. The van der Waals surface area contributed by atoms with Gasteiger partial charge in [0.05, 0.1) is 30.3 Å². The van der Waals surface area contributed by atoms with Crippen LogP contribution in [0.4, 0.5) is 20.2 Å². The quantitative estimate of drug-likeness (QED) is 0.533. The predicted molar refractivity (Wildman–Crippen MR) is 132 cm³/mol. The largest absolute Gasteiger partial charge is 0.378 e. The average Bonchev–Trinajstić information content (AvgIpc) is 2.85. The van der Waals surface area contributed by atoms with E-state index in [4.69, 9.17) is 11.2 Å². The van der Waals surface area contributed by atoms with Gasteiger partial charge in [0.15, 0.2) is 0 Å². The highest BCUT2D eigenvalue weighted by molar-refractivity contribution is 6.04. The van der Waals surface area contributed by atoms with Crippen molar-refractivity contribution in [2.75, 3.05) is 36.5 Å². The predicted octanol–water partition coefficient (Wildman–Crippen LogP) is 4.87. The Bertz CT molecular complexity index is 1310. The second-order valence-corrected chi connectivity index (χ2v) is 8.84. The summed E-state index contributed by atoms with van der Waals surface area (Å²) in [5.74, 6) is 1.47. The van der Waals surface area contributed by atoms with E-state index >= 15 is 0 Å². The van der Waals surface area contributed by atoms with Gasteiger partial charge in [-0.2, -0.15) is 0 Å². The highest BCUT2D eigenvalue weighted by atomic mass is 19.1. The summed E-state index contributed by atoms with van der Waals surface area (Å²) in [6, 6.07) is 7.67. The summed E-state index contributed by atoms with van der Waals surface area (Å²) in [5, 5.41) is 2.60. The van der Waals surface area contributed by atoms with Crippen molar-refractivity contribution in [2.24, 2.45) is 0 Å². The van der Waals surface area contributed by atoms with Crippen molar-refractivity contribution in [2.45, 2.75) is 26.4 Å². The Morgan fingerprint density at radius 3 is 2.63 bits per heavy atom. The maximum atomic E-state index is 14.8. The Kier molecular flexibility index (Phi) is 6.81. The first-order valence-corrected chi connectivity index (χ1v) is 11.2. The summed E-state index contributed by atoms with van der Waals surface area (Å²) in [6.07, 6.45) is 8.67. The van der Waals surface area contributed by atoms with Crippen molar-refractivity contribution < 1.29 is 18.3 Å². The number of carbonyl (C=O) groups is 1. The maximum absolute atomic E-state index is 14.8. The molecule has 0 aliphatic carbocycles. The molecule has 0 radical (unpaired) electrons. The molecule has 1 aromatic carbocycles. The molecule has 4 rings (SSSR count). The number of pyridine rings is 2. The molecule has 0 unspecified atom stereocenters. The van der Waals surface area contributed by atoms with E-state index in [-0.39, 0.29) is 16.9 Å². The molecule has 2 aromatic heterocycles. The number of benzene rings is 1. The van der Waals surface area contributed by atoms with E-state index in [1.54, 1.807) is 19.2 Å². The molecule has 1 fully saturated rings. The lowest BCUT2D eigenvalue weighted by Crippen LogP contribution is -2.36. The third-order valence-corrected chi connectivity index (χ3v) is 5.86. The second kappa shape index (κ2) is 9.80. The molecule has 0 atom stereocenters. The number of anilines is 2. The van der Waals surface area contributed by atoms with Crippen LogP contribution < -0.4 is 10.2 Å². The molecule has 3 aromatic rings. The summed E-state index contributed by atoms with van der Waals surface area (Å²) >= 11 is 0. The van der Waals surface area contributed by atoms with Crippen LogP contribution in [0.2, 0.25) is 0 Å². The summed E-state index contributed by atoms with van der Waals surface area (Å²) in [4.78, 5) is 23.4. The highest BCUT2D eigenvalue weighted by Gasteiger charge is 2.22. The van der Waals surface area contributed by atoms with E-state index in [2.05, 4.69) is 26.1 Å². The van der Waals surface area contributed by atoms with E-state index in [1.165, 1.54) is 38.2 Å². The van der Waals surface area contributed by atoms with Gasteiger partial charge in [-0.25, -0.2) is 13.8 Å². The smallest absolute Gasteiger partial charge is 0.255 e. The lowest BCUT2D eigenvalue weighted by Gasteiger charge is -2.29. The fourth-order valence-electron chi connectivity index (χ4n) is 3.93. The Balaban J connectivity index is 1.68. The minimum absolute atomic E-state index is 0.00224. The minimum atomic E-state index is -1.71. The molecule has 8 heteroatoms. The lowest BCUT2D eigenvalue weighted by atomic mass is 9.99. The second-order valence-electron chi connectivity index (χ2n) is 8.84. The van der Waals surface area contributed by atoms with E-state index in [0.29, 0.717) is 43.1 Å². The molecule has 0 bridgehead atoms. The molecular formula is C27H26F2N4O2.